The Bertz CT molecular complexity index is 198. The number of hydrogen-bond acceptors (Lipinski definition) is 0. The van der Waals surface area contributed by atoms with E-state index in [9.17, 15) is 0 Å². The quantitative estimate of drug-likeness (QED) is 0.596. The highest BCUT2D eigenvalue weighted by atomic mass is 14.5. The monoisotopic (exact) mass is 222 g/mol. The molecule has 0 aliphatic heterocycles. The van der Waals surface area contributed by atoms with Crippen LogP contribution >= 0.6 is 0 Å². The average Bonchev–Trinajstić information content (AvgIpc) is 2.43. The van der Waals surface area contributed by atoms with Crippen LogP contribution in [0.25, 0.3) is 0 Å². The van der Waals surface area contributed by atoms with Gasteiger partial charge in [0.05, 0.1) is 0 Å². The zero-order valence-corrected chi connectivity index (χ0v) is 11.5. The van der Waals surface area contributed by atoms with Gasteiger partial charge in [0.15, 0.2) is 0 Å². The van der Waals surface area contributed by atoms with Crippen molar-refractivity contribution in [2.75, 3.05) is 0 Å². The minimum Gasteiger partial charge on any atom is -0.0654 e. The van der Waals surface area contributed by atoms with Crippen LogP contribution in [0.15, 0.2) is 0 Å². The molecule has 0 aromatic rings. The summed E-state index contributed by atoms with van der Waals surface area (Å²) < 4.78 is 0. The van der Waals surface area contributed by atoms with Crippen LogP contribution in [0.1, 0.15) is 72.1 Å². The van der Waals surface area contributed by atoms with Crippen LogP contribution in [0, 0.1) is 29.6 Å². The molecule has 2 rings (SSSR count). The van der Waals surface area contributed by atoms with Gasteiger partial charge in [0.1, 0.15) is 0 Å². The molecule has 0 heteroatoms. The van der Waals surface area contributed by atoms with Gasteiger partial charge in [-0.2, -0.15) is 0 Å². The van der Waals surface area contributed by atoms with Crippen molar-refractivity contribution in [1.82, 2.24) is 0 Å². The summed E-state index contributed by atoms with van der Waals surface area (Å²) >= 11 is 0. The summed E-state index contributed by atoms with van der Waals surface area (Å²) in [6.07, 6.45) is 12.0. The molecule has 0 N–H and O–H groups in total. The number of rotatable bonds is 2. The van der Waals surface area contributed by atoms with Gasteiger partial charge in [0, 0.05) is 0 Å². The topological polar surface area (TPSA) is 0 Å². The number of hydrogen-bond donors (Lipinski definition) is 0. The van der Waals surface area contributed by atoms with E-state index in [1.54, 1.807) is 6.42 Å². The van der Waals surface area contributed by atoms with E-state index in [1.807, 2.05) is 0 Å². The molecule has 5 unspecified atom stereocenters. The molecule has 0 aromatic heterocycles. The molecule has 0 heterocycles. The molecule has 2 saturated carbocycles. The van der Waals surface area contributed by atoms with Crippen molar-refractivity contribution < 1.29 is 0 Å². The molecule has 2 fully saturated rings. The molecule has 5 atom stereocenters. The molecule has 0 amide bonds. The van der Waals surface area contributed by atoms with Crippen LogP contribution in [0.3, 0.4) is 0 Å². The molecule has 16 heavy (non-hydrogen) atoms. The highest BCUT2D eigenvalue weighted by Crippen LogP contribution is 2.52. The van der Waals surface area contributed by atoms with Crippen molar-refractivity contribution in [3.63, 3.8) is 0 Å². The van der Waals surface area contributed by atoms with Crippen LogP contribution in [-0.4, -0.2) is 0 Å². The minimum atomic E-state index is 0.994. The molecule has 0 aromatic carbocycles. The van der Waals surface area contributed by atoms with E-state index in [0.717, 1.165) is 29.6 Å². The second-order valence-electron chi connectivity index (χ2n) is 6.49. The minimum absolute atomic E-state index is 0.994. The lowest BCUT2D eigenvalue weighted by atomic mass is 9.77. The SMILES string of the molecule is CCCC1C(C)C(C)C2CCCCCCC12. The van der Waals surface area contributed by atoms with E-state index in [4.69, 9.17) is 0 Å². The maximum absolute atomic E-state index is 2.54. The van der Waals surface area contributed by atoms with Gasteiger partial charge < -0.3 is 0 Å². The van der Waals surface area contributed by atoms with Crippen LogP contribution in [0.4, 0.5) is 0 Å². The van der Waals surface area contributed by atoms with E-state index in [1.165, 1.54) is 44.9 Å². The molecule has 0 radical (unpaired) electrons. The van der Waals surface area contributed by atoms with E-state index in [0.29, 0.717) is 0 Å². The van der Waals surface area contributed by atoms with Crippen LogP contribution < -0.4 is 0 Å². The van der Waals surface area contributed by atoms with Crippen LogP contribution in [0.2, 0.25) is 0 Å². The molecule has 2 aliphatic rings. The van der Waals surface area contributed by atoms with E-state index in [2.05, 4.69) is 20.8 Å². The van der Waals surface area contributed by atoms with Crippen molar-refractivity contribution in [1.29, 1.82) is 0 Å². The van der Waals surface area contributed by atoms with Crippen molar-refractivity contribution >= 4 is 0 Å². The van der Waals surface area contributed by atoms with Gasteiger partial charge in [0.2, 0.25) is 0 Å². The predicted octanol–water partition coefficient (Wildman–Crippen LogP) is 5.28. The predicted molar refractivity (Wildman–Crippen MR) is 71.4 cm³/mol. The van der Waals surface area contributed by atoms with Gasteiger partial charge in [-0.25, -0.2) is 0 Å². The van der Waals surface area contributed by atoms with E-state index >= 15 is 0 Å². The van der Waals surface area contributed by atoms with Gasteiger partial charge in [-0.15, -0.1) is 0 Å². The first-order valence-electron chi connectivity index (χ1n) is 7.75. The fourth-order valence-corrected chi connectivity index (χ4v) is 4.71. The van der Waals surface area contributed by atoms with Crippen LogP contribution in [-0.2, 0) is 0 Å². The highest BCUT2D eigenvalue weighted by Gasteiger charge is 2.44. The Labute approximate surface area is 102 Å². The zero-order chi connectivity index (χ0) is 11.5. The average molecular weight is 222 g/mol. The third kappa shape index (κ3) is 2.31. The highest BCUT2D eigenvalue weighted by molar-refractivity contribution is 4.93. The molecule has 0 spiro atoms. The first-order chi connectivity index (χ1) is 7.75. The zero-order valence-electron chi connectivity index (χ0n) is 11.5. The molecular weight excluding hydrogens is 192 g/mol. The Morgan fingerprint density at radius 1 is 0.812 bits per heavy atom. The molecule has 0 nitrogen and oxygen atoms in total. The Morgan fingerprint density at radius 2 is 1.44 bits per heavy atom. The fourth-order valence-electron chi connectivity index (χ4n) is 4.71. The lowest BCUT2D eigenvalue weighted by Crippen LogP contribution is -2.19. The van der Waals surface area contributed by atoms with E-state index < -0.39 is 0 Å². The summed E-state index contributed by atoms with van der Waals surface area (Å²) in [5.41, 5.74) is 0. The second-order valence-corrected chi connectivity index (χ2v) is 6.49. The largest absolute Gasteiger partial charge is 0.0654 e. The van der Waals surface area contributed by atoms with Gasteiger partial charge in [-0.3, -0.25) is 0 Å². The lowest BCUT2D eigenvalue weighted by molar-refractivity contribution is 0.222. The molecule has 94 valence electrons. The first-order valence-corrected chi connectivity index (χ1v) is 7.75. The summed E-state index contributed by atoms with van der Waals surface area (Å²) in [6, 6.07) is 0. The number of fused-ring (bicyclic) bond motifs is 1. The van der Waals surface area contributed by atoms with Gasteiger partial charge in [-0.05, 0) is 42.4 Å². The Balaban J connectivity index is 2.08. The maximum atomic E-state index is 2.54. The molecule has 0 bridgehead atoms. The summed E-state index contributed by atoms with van der Waals surface area (Å²) in [7, 11) is 0. The Morgan fingerprint density at radius 3 is 2.06 bits per heavy atom. The first kappa shape index (κ1) is 12.5. The smallest absolute Gasteiger partial charge is 0.0352 e. The van der Waals surface area contributed by atoms with Crippen molar-refractivity contribution in [2.24, 2.45) is 29.6 Å². The van der Waals surface area contributed by atoms with Gasteiger partial charge >= 0.3 is 0 Å². The van der Waals surface area contributed by atoms with Crippen molar-refractivity contribution in [3.05, 3.63) is 0 Å². The summed E-state index contributed by atoms with van der Waals surface area (Å²) in [4.78, 5) is 0. The maximum Gasteiger partial charge on any atom is -0.0352 e. The van der Waals surface area contributed by atoms with Gasteiger partial charge in [-0.1, -0.05) is 59.3 Å². The third-order valence-electron chi connectivity index (χ3n) is 5.73. The van der Waals surface area contributed by atoms with Gasteiger partial charge in [0.25, 0.3) is 0 Å². The summed E-state index contributed by atoms with van der Waals surface area (Å²) in [6.45, 7) is 7.45. The summed E-state index contributed by atoms with van der Waals surface area (Å²) in [5, 5.41) is 0. The van der Waals surface area contributed by atoms with Crippen molar-refractivity contribution in [3.8, 4) is 0 Å². The molecular formula is C16H30. The molecule has 2 aliphatic carbocycles. The standard InChI is InChI=1S/C16H30/c1-4-9-14-12(2)13(3)15-10-7-5-6-8-11-16(14)15/h12-16H,4-11H2,1-3H3. The Kier molecular flexibility index (Phi) is 4.33. The second kappa shape index (κ2) is 5.56. The molecule has 0 saturated heterocycles. The normalized spacial score (nSPS) is 44.8. The summed E-state index contributed by atoms with van der Waals surface area (Å²) in [5.74, 6) is 5.22. The third-order valence-corrected chi connectivity index (χ3v) is 5.73. The fraction of sp³-hybridized carbons (Fsp3) is 1.00. The lowest BCUT2D eigenvalue weighted by Gasteiger charge is -2.28. The van der Waals surface area contributed by atoms with Crippen molar-refractivity contribution in [2.45, 2.75) is 72.1 Å². The van der Waals surface area contributed by atoms with E-state index in [-0.39, 0.29) is 0 Å². The van der Waals surface area contributed by atoms with Crippen LogP contribution in [0.5, 0.6) is 0 Å². The Hall–Kier alpha value is 0.